The zero-order chi connectivity index (χ0) is 14.0. The Balaban J connectivity index is 2.29. The van der Waals surface area contributed by atoms with Gasteiger partial charge in [-0.1, -0.05) is 24.3 Å². The second-order valence-corrected chi connectivity index (χ2v) is 5.04. The van der Waals surface area contributed by atoms with E-state index in [1.54, 1.807) is 38.1 Å². The largest absolute Gasteiger partial charge is 0.385 e. The van der Waals surface area contributed by atoms with Crippen molar-refractivity contribution in [3.63, 3.8) is 0 Å². The number of rotatable bonds is 3. The number of benzene rings is 2. The second kappa shape index (κ2) is 5.10. The zero-order valence-electron chi connectivity index (χ0n) is 11.0. The highest BCUT2D eigenvalue weighted by Crippen LogP contribution is 2.26. The monoisotopic (exact) mass is 262 g/mol. The van der Waals surface area contributed by atoms with Crippen LogP contribution in [0.3, 0.4) is 0 Å². The first kappa shape index (κ1) is 13.7. The third-order valence-corrected chi connectivity index (χ3v) is 3.23. The van der Waals surface area contributed by atoms with E-state index in [1.165, 1.54) is 18.2 Å². The SMILES string of the molecule is Cc1ccc(C(C)(O)Cc2cccc(F)c2)cc1F. The molecule has 0 saturated carbocycles. The van der Waals surface area contributed by atoms with Gasteiger partial charge in [0.15, 0.2) is 0 Å². The van der Waals surface area contributed by atoms with E-state index in [2.05, 4.69) is 0 Å². The van der Waals surface area contributed by atoms with Gasteiger partial charge in [-0.2, -0.15) is 0 Å². The van der Waals surface area contributed by atoms with Gasteiger partial charge in [0, 0.05) is 6.42 Å². The predicted molar refractivity (Wildman–Crippen MR) is 70.8 cm³/mol. The van der Waals surface area contributed by atoms with E-state index in [0.29, 0.717) is 16.7 Å². The molecule has 0 aromatic heterocycles. The van der Waals surface area contributed by atoms with Crippen molar-refractivity contribution in [1.29, 1.82) is 0 Å². The molecule has 0 radical (unpaired) electrons. The summed E-state index contributed by atoms with van der Waals surface area (Å²) in [6.45, 7) is 3.27. The molecule has 0 aliphatic carbocycles. The number of hydrogen-bond acceptors (Lipinski definition) is 1. The van der Waals surface area contributed by atoms with Crippen LogP contribution < -0.4 is 0 Å². The molecule has 1 unspecified atom stereocenters. The Morgan fingerprint density at radius 3 is 2.47 bits per heavy atom. The molecule has 0 amide bonds. The van der Waals surface area contributed by atoms with Crippen molar-refractivity contribution < 1.29 is 13.9 Å². The number of halogens is 2. The molecule has 3 heteroatoms. The van der Waals surface area contributed by atoms with E-state index in [9.17, 15) is 13.9 Å². The Hall–Kier alpha value is -1.74. The number of hydrogen-bond donors (Lipinski definition) is 1. The fraction of sp³-hybridized carbons (Fsp3) is 0.250. The molecule has 0 aliphatic rings. The smallest absolute Gasteiger partial charge is 0.126 e. The van der Waals surface area contributed by atoms with Crippen LogP contribution in [0, 0.1) is 18.6 Å². The maximum absolute atomic E-state index is 13.5. The lowest BCUT2D eigenvalue weighted by molar-refractivity contribution is 0.0572. The van der Waals surface area contributed by atoms with Crippen molar-refractivity contribution >= 4 is 0 Å². The highest BCUT2D eigenvalue weighted by atomic mass is 19.1. The first-order valence-electron chi connectivity index (χ1n) is 6.12. The summed E-state index contributed by atoms with van der Waals surface area (Å²) in [6, 6.07) is 10.7. The highest BCUT2D eigenvalue weighted by Gasteiger charge is 2.24. The maximum Gasteiger partial charge on any atom is 0.126 e. The van der Waals surface area contributed by atoms with Gasteiger partial charge < -0.3 is 5.11 Å². The van der Waals surface area contributed by atoms with Crippen molar-refractivity contribution in [2.24, 2.45) is 0 Å². The van der Waals surface area contributed by atoms with E-state index < -0.39 is 5.60 Å². The van der Waals surface area contributed by atoms with Gasteiger partial charge in [0.05, 0.1) is 5.60 Å². The van der Waals surface area contributed by atoms with Crippen LogP contribution in [0.25, 0.3) is 0 Å². The van der Waals surface area contributed by atoms with Crippen LogP contribution >= 0.6 is 0 Å². The lowest BCUT2D eigenvalue weighted by Crippen LogP contribution is -2.24. The van der Waals surface area contributed by atoms with Crippen molar-refractivity contribution in [3.05, 3.63) is 70.8 Å². The quantitative estimate of drug-likeness (QED) is 0.893. The lowest BCUT2D eigenvalue weighted by atomic mass is 9.88. The van der Waals surface area contributed by atoms with Crippen LogP contribution in [0.2, 0.25) is 0 Å². The van der Waals surface area contributed by atoms with Crippen LogP contribution in [0.4, 0.5) is 8.78 Å². The third kappa shape index (κ3) is 3.18. The summed E-state index contributed by atoms with van der Waals surface area (Å²) in [5, 5.41) is 10.5. The van der Waals surface area contributed by atoms with Gasteiger partial charge in [0.2, 0.25) is 0 Å². The first-order chi connectivity index (χ1) is 8.88. The predicted octanol–water partition coefficient (Wildman–Crippen LogP) is 3.72. The molecule has 0 heterocycles. The molecule has 2 aromatic carbocycles. The summed E-state index contributed by atoms with van der Waals surface area (Å²) in [5.41, 5.74) is 0.457. The van der Waals surface area contributed by atoms with Gasteiger partial charge >= 0.3 is 0 Å². The van der Waals surface area contributed by atoms with Crippen LogP contribution in [-0.2, 0) is 12.0 Å². The minimum atomic E-state index is -1.23. The van der Waals surface area contributed by atoms with Crippen LogP contribution in [0.15, 0.2) is 42.5 Å². The molecule has 1 nitrogen and oxygen atoms in total. The molecule has 1 N–H and O–H groups in total. The molecule has 2 aromatic rings. The molecule has 19 heavy (non-hydrogen) atoms. The molecular weight excluding hydrogens is 246 g/mol. The van der Waals surface area contributed by atoms with Gasteiger partial charge in [0.1, 0.15) is 11.6 Å². The van der Waals surface area contributed by atoms with Crippen molar-refractivity contribution in [3.8, 4) is 0 Å². The topological polar surface area (TPSA) is 20.2 Å². The Bertz CT molecular complexity index is 591. The van der Waals surface area contributed by atoms with Crippen molar-refractivity contribution in [2.45, 2.75) is 25.9 Å². The summed E-state index contributed by atoms with van der Waals surface area (Å²) in [7, 11) is 0. The molecular formula is C16H16F2O. The van der Waals surface area contributed by atoms with Gasteiger partial charge in [-0.3, -0.25) is 0 Å². The maximum atomic E-state index is 13.5. The van der Waals surface area contributed by atoms with E-state index in [-0.39, 0.29) is 18.1 Å². The minimum Gasteiger partial charge on any atom is -0.385 e. The Kier molecular flexibility index (Phi) is 3.67. The second-order valence-electron chi connectivity index (χ2n) is 5.04. The van der Waals surface area contributed by atoms with E-state index in [1.807, 2.05) is 0 Å². The van der Waals surface area contributed by atoms with E-state index in [0.717, 1.165) is 0 Å². The van der Waals surface area contributed by atoms with Crippen LogP contribution in [0.1, 0.15) is 23.6 Å². The van der Waals surface area contributed by atoms with Crippen LogP contribution in [-0.4, -0.2) is 5.11 Å². The number of aliphatic hydroxyl groups is 1. The molecule has 0 spiro atoms. The normalized spacial score (nSPS) is 14.2. The summed E-state index contributed by atoms with van der Waals surface area (Å²) in [4.78, 5) is 0. The molecule has 1 atom stereocenters. The van der Waals surface area contributed by atoms with Crippen molar-refractivity contribution in [1.82, 2.24) is 0 Å². The van der Waals surface area contributed by atoms with E-state index in [4.69, 9.17) is 0 Å². The molecule has 0 saturated heterocycles. The average Bonchev–Trinajstić information content (AvgIpc) is 2.32. The summed E-state index contributed by atoms with van der Waals surface area (Å²) in [5.74, 6) is -0.694. The summed E-state index contributed by atoms with van der Waals surface area (Å²) >= 11 is 0. The average molecular weight is 262 g/mol. The lowest BCUT2D eigenvalue weighted by Gasteiger charge is -2.24. The molecule has 0 fully saturated rings. The molecule has 100 valence electrons. The van der Waals surface area contributed by atoms with E-state index >= 15 is 0 Å². The van der Waals surface area contributed by atoms with Gasteiger partial charge in [-0.05, 0) is 48.7 Å². The third-order valence-electron chi connectivity index (χ3n) is 3.23. The summed E-state index contributed by atoms with van der Waals surface area (Å²) < 4.78 is 26.7. The Labute approximate surface area is 111 Å². The van der Waals surface area contributed by atoms with Gasteiger partial charge in [-0.25, -0.2) is 8.78 Å². The van der Waals surface area contributed by atoms with Gasteiger partial charge in [0.25, 0.3) is 0 Å². The van der Waals surface area contributed by atoms with Gasteiger partial charge in [-0.15, -0.1) is 0 Å². The standard InChI is InChI=1S/C16H16F2O/c1-11-6-7-13(9-15(11)18)16(2,19)10-12-4-3-5-14(17)8-12/h3-9,19H,10H2,1-2H3. The Morgan fingerprint density at radius 1 is 1.11 bits per heavy atom. The minimum absolute atomic E-state index is 0.229. The molecule has 2 rings (SSSR count). The molecule has 0 aliphatic heterocycles. The zero-order valence-corrected chi connectivity index (χ0v) is 11.0. The Morgan fingerprint density at radius 2 is 1.84 bits per heavy atom. The van der Waals surface area contributed by atoms with Crippen LogP contribution in [0.5, 0.6) is 0 Å². The summed E-state index contributed by atoms with van der Waals surface area (Å²) in [6.07, 6.45) is 0.229. The number of aryl methyl sites for hydroxylation is 1. The fourth-order valence-electron chi connectivity index (χ4n) is 2.07. The first-order valence-corrected chi connectivity index (χ1v) is 6.12. The fourth-order valence-corrected chi connectivity index (χ4v) is 2.07. The highest BCUT2D eigenvalue weighted by molar-refractivity contribution is 5.30. The molecule has 0 bridgehead atoms. The van der Waals surface area contributed by atoms with Crippen molar-refractivity contribution in [2.75, 3.05) is 0 Å².